The Hall–Kier alpha value is -3.85. The zero-order valence-electron chi connectivity index (χ0n) is 21.7. The normalized spacial score (nSPS) is 15.2. The predicted octanol–water partition coefficient (Wildman–Crippen LogP) is 4.36. The minimum absolute atomic E-state index is 0.0484. The van der Waals surface area contributed by atoms with Gasteiger partial charge in [-0.2, -0.15) is 0 Å². The third-order valence-corrected chi connectivity index (χ3v) is 6.44. The lowest BCUT2D eigenvalue weighted by Gasteiger charge is -2.31. The van der Waals surface area contributed by atoms with Crippen molar-refractivity contribution < 1.29 is 18.7 Å². The summed E-state index contributed by atoms with van der Waals surface area (Å²) in [6, 6.07) is 11.0. The van der Waals surface area contributed by atoms with Crippen LogP contribution in [0.3, 0.4) is 0 Å². The second-order valence-corrected chi connectivity index (χ2v) is 8.72. The molecule has 1 saturated heterocycles. The van der Waals surface area contributed by atoms with Gasteiger partial charge >= 0.3 is 0 Å². The number of methoxy groups -OCH3 is 1. The van der Waals surface area contributed by atoms with E-state index in [9.17, 15) is 9.18 Å². The van der Waals surface area contributed by atoms with Crippen LogP contribution in [0.2, 0.25) is 0 Å². The number of likely N-dealkylation sites (tertiary alicyclic amines) is 1. The van der Waals surface area contributed by atoms with E-state index < -0.39 is 5.82 Å². The van der Waals surface area contributed by atoms with Gasteiger partial charge in [-0.25, -0.2) is 9.38 Å². The first-order valence-corrected chi connectivity index (χ1v) is 12.3. The third kappa shape index (κ3) is 7.57. The maximum absolute atomic E-state index is 14.7. The molecule has 2 aromatic rings. The van der Waals surface area contributed by atoms with Crippen LogP contribution in [0.1, 0.15) is 47.2 Å². The number of halogens is 1. The number of allylic oxidation sites excluding steroid dienone is 1. The number of ether oxygens (including phenoxy) is 2. The fourth-order valence-electron chi connectivity index (χ4n) is 4.23. The molecule has 0 bridgehead atoms. The van der Waals surface area contributed by atoms with E-state index in [0.717, 1.165) is 25.3 Å². The summed E-state index contributed by atoms with van der Waals surface area (Å²) >= 11 is 0. The molecule has 2 aromatic carbocycles. The Morgan fingerprint density at radius 1 is 1.27 bits per heavy atom. The van der Waals surface area contributed by atoms with Gasteiger partial charge in [0.1, 0.15) is 12.4 Å². The van der Waals surface area contributed by atoms with Crippen molar-refractivity contribution in [3.8, 4) is 5.75 Å². The van der Waals surface area contributed by atoms with E-state index in [0.29, 0.717) is 5.92 Å². The maximum atomic E-state index is 14.7. The minimum Gasteiger partial charge on any atom is -0.494 e. The van der Waals surface area contributed by atoms with Crippen molar-refractivity contribution in [2.24, 2.45) is 10.7 Å². The SMILES string of the molecule is C=C/C(=C\N=C(/N)Nc1ccc(C2CCN(CC)CC2)cc1)OCc1cc(C(=O)NC)cc(OC)c1F. The van der Waals surface area contributed by atoms with Gasteiger partial charge in [0, 0.05) is 23.9 Å². The molecule has 0 aromatic heterocycles. The number of carbonyl (C=O) groups excluding carboxylic acids is 1. The van der Waals surface area contributed by atoms with Crippen molar-refractivity contribution in [2.75, 3.05) is 39.1 Å². The Morgan fingerprint density at radius 2 is 1.97 bits per heavy atom. The largest absolute Gasteiger partial charge is 0.494 e. The number of carbonyl (C=O) groups is 1. The second-order valence-electron chi connectivity index (χ2n) is 8.72. The van der Waals surface area contributed by atoms with E-state index in [1.54, 1.807) is 0 Å². The highest BCUT2D eigenvalue weighted by atomic mass is 19.1. The first kappa shape index (κ1) is 27.7. The smallest absolute Gasteiger partial charge is 0.251 e. The maximum Gasteiger partial charge on any atom is 0.251 e. The van der Waals surface area contributed by atoms with E-state index in [1.807, 2.05) is 12.1 Å². The van der Waals surface area contributed by atoms with Crippen molar-refractivity contribution in [1.82, 2.24) is 10.2 Å². The summed E-state index contributed by atoms with van der Waals surface area (Å²) < 4.78 is 25.4. The van der Waals surface area contributed by atoms with Crippen molar-refractivity contribution >= 4 is 17.6 Å². The molecule has 198 valence electrons. The zero-order valence-corrected chi connectivity index (χ0v) is 21.7. The van der Waals surface area contributed by atoms with Gasteiger partial charge in [0.25, 0.3) is 5.91 Å². The number of nitrogens with zero attached hydrogens (tertiary/aromatic N) is 2. The monoisotopic (exact) mass is 509 g/mol. The molecule has 1 amide bonds. The molecular weight excluding hydrogens is 473 g/mol. The number of hydrogen-bond donors (Lipinski definition) is 3. The van der Waals surface area contributed by atoms with Gasteiger partial charge in [-0.05, 0) is 74.3 Å². The Bertz CT molecular complexity index is 1140. The van der Waals surface area contributed by atoms with Gasteiger partial charge in [0.05, 0.1) is 13.3 Å². The Morgan fingerprint density at radius 3 is 2.57 bits per heavy atom. The number of aliphatic imine (C=N–C) groups is 1. The van der Waals surface area contributed by atoms with Gasteiger partial charge in [0.15, 0.2) is 17.5 Å². The molecule has 0 spiro atoms. The molecule has 0 atom stereocenters. The number of anilines is 1. The van der Waals surface area contributed by atoms with Crippen molar-refractivity contribution in [3.05, 3.63) is 83.5 Å². The van der Waals surface area contributed by atoms with Crippen LogP contribution >= 0.6 is 0 Å². The summed E-state index contributed by atoms with van der Waals surface area (Å²) in [7, 11) is 2.83. The molecule has 0 aliphatic carbocycles. The van der Waals surface area contributed by atoms with Crippen molar-refractivity contribution in [2.45, 2.75) is 32.3 Å². The van der Waals surface area contributed by atoms with Gasteiger partial charge in [0.2, 0.25) is 0 Å². The lowest BCUT2D eigenvalue weighted by atomic mass is 9.89. The van der Waals surface area contributed by atoms with E-state index >= 15 is 0 Å². The van der Waals surface area contributed by atoms with Crippen LogP contribution in [0.5, 0.6) is 5.75 Å². The average Bonchev–Trinajstić information content (AvgIpc) is 2.93. The quantitative estimate of drug-likeness (QED) is 0.190. The molecule has 3 rings (SSSR count). The molecule has 0 radical (unpaired) electrons. The molecule has 37 heavy (non-hydrogen) atoms. The number of nitrogens with one attached hydrogen (secondary N) is 2. The molecule has 1 aliphatic heterocycles. The Kier molecular flexibility index (Phi) is 10.1. The lowest BCUT2D eigenvalue weighted by Crippen LogP contribution is -2.32. The predicted molar refractivity (Wildman–Crippen MR) is 145 cm³/mol. The molecule has 0 saturated carbocycles. The average molecular weight is 510 g/mol. The van der Waals surface area contributed by atoms with Gasteiger partial charge in [-0.15, -0.1) is 0 Å². The highest BCUT2D eigenvalue weighted by Gasteiger charge is 2.19. The van der Waals surface area contributed by atoms with E-state index in [-0.39, 0.29) is 41.1 Å². The number of benzene rings is 2. The topological polar surface area (TPSA) is 101 Å². The van der Waals surface area contributed by atoms with E-state index in [2.05, 4.69) is 46.2 Å². The van der Waals surface area contributed by atoms with Crippen LogP contribution in [-0.2, 0) is 11.3 Å². The number of hydrogen-bond acceptors (Lipinski definition) is 5. The molecule has 4 N–H and O–H groups in total. The Labute approximate surface area is 218 Å². The molecule has 1 heterocycles. The van der Waals surface area contributed by atoms with Crippen LogP contribution < -0.4 is 21.1 Å². The summed E-state index contributed by atoms with van der Waals surface area (Å²) in [6.45, 7) is 9.14. The van der Waals surface area contributed by atoms with Crippen LogP contribution in [-0.4, -0.2) is 50.6 Å². The zero-order chi connectivity index (χ0) is 26.8. The number of piperidine rings is 1. The standard InChI is InChI=1S/C28H36FN5O3/c1-5-24(37-18-22-15-21(27(35)31-3)16-25(36-4)26(22)29)17-32-28(30)33-23-9-7-19(8-10-23)20-11-13-34(6-2)14-12-20/h5,7-10,15-17,20H,1,6,11-14,18H2,2-4H3,(H,31,35)(H3,30,32,33)/b24-17+. The first-order chi connectivity index (χ1) is 17.9. The van der Waals surface area contributed by atoms with E-state index in [4.69, 9.17) is 15.2 Å². The van der Waals surface area contributed by atoms with Crippen LogP contribution in [0.25, 0.3) is 0 Å². The number of nitrogens with two attached hydrogens (primary N) is 1. The lowest BCUT2D eigenvalue weighted by molar-refractivity contribution is 0.0962. The summed E-state index contributed by atoms with van der Waals surface area (Å²) in [4.78, 5) is 18.7. The molecule has 1 aliphatic rings. The fourth-order valence-corrected chi connectivity index (χ4v) is 4.23. The van der Waals surface area contributed by atoms with Crippen LogP contribution in [0.4, 0.5) is 10.1 Å². The number of rotatable bonds is 10. The van der Waals surface area contributed by atoms with Gasteiger partial charge in [-0.3, -0.25) is 4.79 Å². The minimum atomic E-state index is -0.609. The summed E-state index contributed by atoms with van der Waals surface area (Å²) in [5.41, 5.74) is 8.61. The Balaban J connectivity index is 1.61. The van der Waals surface area contributed by atoms with Crippen LogP contribution in [0.15, 0.2) is 66.0 Å². The third-order valence-electron chi connectivity index (χ3n) is 6.44. The first-order valence-electron chi connectivity index (χ1n) is 12.3. The summed E-state index contributed by atoms with van der Waals surface area (Å²) in [5.74, 6) is 0.0105. The molecule has 0 unspecified atom stereocenters. The highest BCUT2D eigenvalue weighted by molar-refractivity contribution is 5.94. The molecular formula is C28H36FN5O3. The molecule has 9 heteroatoms. The summed E-state index contributed by atoms with van der Waals surface area (Å²) in [5, 5.41) is 5.56. The van der Waals surface area contributed by atoms with Gasteiger partial charge in [-0.1, -0.05) is 25.6 Å². The number of guanidine groups is 1. The number of amides is 1. The van der Waals surface area contributed by atoms with Crippen molar-refractivity contribution in [1.29, 1.82) is 0 Å². The molecule has 8 nitrogen and oxygen atoms in total. The second kappa shape index (κ2) is 13.5. The molecule has 1 fully saturated rings. The van der Waals surface area contributed by atoms with Gasteiger partial charge < -0.3 is 30.7 Å². The fraction of sp³-hybridized carbons (Fsp3) is 0.357. The highest BCUT2D eigenvalue weighted by Crippen LogP contribution is 2.29. The van der Waals surface area contributed by atoms with Crippen LogP contribution in [0, 0.1) is 5.82 Å². The van der Waals surface area contributed by atoms with E-state index in [1.165, 1.54) is 57.0 Å². The summed E-state index contributed by atoms with van der Waals surface area (Å²) in [6.07, 6.45) is 5.17. The van der Waals surface area contributed by atoms with Crippen molar-refractivity contribution in [3.63, 3.8) is 0 Å².